The van der Waals surface area contributed by atoms with Gasteiger partial charge in [0, 0.05) is 30.6 Å². The smallest absolute Gasteiger partial charge is 0.137 e. The Morgan fingerprint density at radius 1 is 1.33 bits per heavy atom. The van der Waals surface area contributed by atoms with Gasteiger partial charge in [-0.05, 0) is 26.2 Å². The van der Waals surface area contributed by atoms with E-state index in [-0.39, 0.29) is 0 Å². The summed E-state index contributed by atoms with van der Waals surface area (Å²) < 4.78 is 5.37. The average molecular weight is 268 g/mol. The minimum Gasteiger partial charge on any atom is -0.381 e. The molecule has 98 valence electrons. The Bertz CT molecular complexity index is 442. The number of hydrogen-bond donors (Lipinski definition) is 1. The first-order valence-electron chi connectivity index (χ1n) is 6.59. The average Bonchev–Trinajstić information content (AvgIpc) is 3.08. The first kappa shape index (κ1) is 12.2. The number of ether oxygens (including phenoxy) is 1. The highest BCUT2D eigenvalue weighted by Crippen LogP contribution is 2.39. The molecule has 1 saturated heterocycles. The molecule has 0 aromatic carbocycles. The van der Waals surface area contributed by atoms with Gasteiger partial charge in [0.2, 0.25) is 0 Å². The minimum atomic E-state index is 0.526. The van der Waals surface area contributed by atoms with E-state index >= 15 is 0 Å². The van der Waals surface area contributed by atoms with Gasteiger partial charge in [0.15, 0.2) is 0 Å². The van der Waals surface area contributed by atoms with Gasteiger partial charge in [0.25, 0.3) is 0 Å². The van der Waals surface area contributed by atoms with Crippen molar-refractivity contribution in [2.45, 2.75) is 32.1 Å². The molecule has 1 saturated carbocycles. The van der Waals surface area contributed by atoms with Gasteiger partial charge in [-0.25, -0.2) is 9.97 Å². The number of nitrogens with one attached hydrogen (secondary N) is 1. The largest absolute Gasteiger partial charge is 0.381 e. The van der Waals surface area contributed by atoms with Gasteiger partial charge in [-0.2, -0.15) is 0 Å². The van der Waals surface area contributed by atoms with Gasteiger partial charge < -0.3 is 10.1 Å². The number of nitrogens with zero attached hydrogens (tertiary/aromatic N) is 2. The Labute approximate surface area is 112 Å². The van der Waals surface area contributed by atoms with Crippen molar-refractivity contribution in [3.63, 3.8) is 0 Å². The molecular formula is C13H18ClN3O. The summed E-state index contributed by atoms with van der Waals surface area (Å²) in [5, 5.41) is 3.98. The van der Waals surface area contributed by atoms with E-state index in [0.29, 0.717) is 17.0 Å². The summed E-state index contributed by atoms with van der Waals surface area (Å²) in [5.74, 6) is 2.90. The lowest BCUT2D eigenvalue weighted by molar-refractivity contribution is 0.187. The summed E-state index contributed by atoms with van der Waals surface area (Å²) in [6.07, 6.45) is 3.50. The van der Waals surface area contributed by atoms with Crippen molar-refractivity contribution in [2.24, 2.45) is 5.92 Å². The SMILES string of the molecule is Cc1c(Cl)nc(C2CC2)nc1NCC1CCOC1. The molecule has 18 heavy (non-hydrogen) atoms. The number of halogens is 1. The fourth-order valence-corrected chi connectivity index (χ4v) is 2.36. The lowest BCUT2D eigenvalue weighted by atomic mass is 10.1. The van der Waals surface area contributed by atoms with E-state index in [1.54, 1.807) is 0 Å². The zero-order valence-corrected chi connectivity index (χ0v) is 11.3. The first-order chi connectivity index (χ1) is 8.74. The third kappa shape index (κ3) is 2.59. The number of hydrogen-bond acceptors (Lipinski definition) is 4. The van der Waals surface area contributed by atoms with Crippen LogP contribution >= 0.6 is 11.6 Å². The second-order valence-electron chi connectivity index (χ2n) is 5.23. The van der Waals surface area contributed by atoms with Crippen LogP contribution in [-0.4, -0.2) is 29.7 Å². The zero-order valence-electron chi connectivity index (χ0n) is 10.6. The van der Waals surface area contributed by atoms with Crippen LogP contribution in [0.4, 0.5) is 5.82 Å². The van der Waals surface area contributed by atoms with Crippen molar-refractivity contribution in [3.8, 4) is 0 Å². The number of anilines is 1. The van der Waals surface area contributed by atoms with Gasteiger partial charge in [-0.3, -0.25) is 0 Å². The lowest BCUT2D eigenvalue weighted by Crippen LogP contribution is -2.16. The summed E-state index contributed by atoms with van der Waals surface area (Å²) in [6, 6.07) is 0. The molecule has 1 aromatic rings. The fourth-order valence-electron chi connectivity index (χ4n) is 2.19. The molecule has 1 aliphatic carbocycles. The van der Waals surface area contributed by atoms with E-state index in [9.17, 15) is 0 Å². The third-order valence-corrected chi connectivity index (χ3v) is 4.00. The number of rotatable bonds is 4. The first-order valence-corrected chi connectivity index (χ1v) is 6.97. The van der Waals surface area contributed by atoms with Crippen molar-refractivity contribution < 1.29 is 4.74 Å². The highest BCUT2D eigenvalue weighted by molar-refractivity contribution is 6.30. The van der Waals surface area contributed by atoms with Crippen LogP contribution in [0.3, 0.4) is 0 Å². The maximum Gasteiger partial charge on any atom is 0.137 e. The van der Waals surface area contributed by atoms with Crippen LogP contribution in [0.5, 0.6) is 0 Å². The molecule has 2 fully saturated rings. The second kappa shape index (κ2) is 5.02. The predicted octanol–water partition coefficient (Wildman–Crippen LogP) is 2.76. The Kier molecular flexibility index (Phi) is 3.39. The molecule has 1 atom stereocenters. The van der Waals surface area contributed by atoms with Gasteiger partial charge in [0.05, 0.1) is 6.61 Å². The van der Waals surface area contributed by atoms with Crippen LogP contribution in [0.25, 0.3) is 0 Å². The van der Waals surface area contributed by atoms with E-state index < -0.39 is 0 Å². The standard InChI is InChI=1S/C13H18ClN3O/c1-8-11(14)16-13(10-2-3-10)17-12(8)15-6-9-4-5-18-7-9/h9-10H,2-7H2,1H3,(H,15,16,17). The third-order valence-electron chi connectivity index (χ3n) is 3.63. The molecule has 0 bridgehead atoms. The second-order valence-corrected chi connectivity index (χ2v) is 5.59. The Morgan fingerprint density at radius 2 is 2.17 bits per heavy atom. The molecule has 0 spiro atoms. The summed E-state index contributed by atoms with van der Waals surface area (Å²) in [4.78, 5) is 8.97. The fraction of sp³-hybridized carbons (Fsp3) is 0.692. The van der Waals surface area contributed by atoms with Crippen LogP contribution in [0.15, 0.2) is 0 Å². The normalized spacial score (nSPS) is 23.3. The van der Waals surface area contributed by atoms with Crippen LogP contribution < -0.4 is 5.32 Å². The Balaban J connectivity index is 1.72. The Morgan fingerprint density at radius 3 is 2.83 bits per heavy atom. The van der Waals surface area contributed by atoms with Crippen LogP contribution in [0.2, 0.25) is 5.15 Å². The monoisotopic (exact) mass is 267 g/mol. The van der Waals surface area contributed by atoms with E-state index in [1.807, 2.05) is 6.92 Å². The van der Waals surface area contributed by atoms with Crippen molar-refractivity contribution >= 4 is 17.4 Å². The van der Waals surface area contributed by atoms with E-state index in [1.165, 1.54) is 12.8 Å². The molecule has 2 aliphatic rings. The highest BCUT2D eigenvalue weighted by Gasteiger charge is 2.28. The predicted molar refractivity (Wildman–Crippen MR) is 71.2 cm³/mol. The molecule has 1 N–H and O–H groups in total. The molecule has 1 aliphatic heterocycles. The molecule has 0 amide bonds. The van der Waals surface area contributed by atoms with Gasteiger partial charge in [-0.15, -0.1) is 0 Å². The van der Waals surface area contributed by atoms with E-state index in [2.05, 4.69) is 15.3 Å². The molecular weight excluding hydrogens is 250 g/mol. The summed E-state index contributed by atoms with van der Waals surface area (Å²) in [7, 11) is 0. The minimum absolute atomic E-state index is 0.526. The summed E-state index contributed by atoms with van der Waals surface area (Å²) >= 11 is 6.17. The summed E-state index contributed by atoms with van der Waals surface area (Å²) in [6.45, 7) is 4.59. The molecule has 1 aromatic heterocycles. The lowest BCUT2D eigenvalue weighted by Gasteiger charge is -2.13. The van der Waals surface area contributed by atoms with Gasteiger partial charge in [-0.1, -0.05) is 11.6 Å². The van der Waals surface area contributed by atoms with Crippen molar-refractivity contribution in [3.05, 3.63) is 16.5 Å². The van der Waals surface area contributed by atoms with Crippen LogP contribution in [-0.2, 0) is 4.74 Å². The molecule has 2 heterocycles. The van der Waals surface area contributed by atoms with E-state index in [4.69, 9.17) is 16.3 Å². The van der Waals surface area contributed by atoms with Crippen molar-refractivity contribution in [2.75, 3.05) is 25.1 Å². The van der Waals surface area contributed by atoms with Crippen molar-refractivity contribution in [1.29, 1.82) is 0 Å². The van der Waals surface area contributed by atoms with Gasteiger partial charge in [0.1, 0.15) is 16.8 Å². The number of aromatic nitrogens is 2. The maximum atomic E-state index is 6.17. The Hall–Kier alpha value is -0.870. The molecule has 1 unspecified atom stereocenters. The topological polar surface area (TPSA) is 47.0 Å². The van der Waals surface area contributed by atoms with Gasteiger partial charge >= 0.3 is 0 Å². The zero-order chi connectivity index (χ0) is 12.5. The van der Waals surface area contributed by atoms with Crippen molar-refractivity contribution in [1.82, 2.24) is 9.97 Å². The van der Waals surface area contributed by atoms with Crippen LogP contribution in [0.1, 0.15) is 36.6 Å². The quantitative estimate of drug-likeness (QED) is 0.852. The molecule has 4 nitrogen and oxygen atoms in total. The maximum absolute atomic E-state index is 6.17. The van der Waals surface area contributed by atoms with E-state index in [0.717, 1.165) is 43.4 Å². The molecule has 0 radical (unpaired) electrons. The molecule has 3 rings (SSSR count). The highest BCUT2D eigenvalue weighted by atomic mass is 35.5. The molecule has 5 heteroatoms. The summed E-state index contributed by atoms with van der Waals surface area (Å²) in [5.41, 5.74) is 0.944. The van der Waals surface area contributed by atoms with Crippen LogP contribution in [0, 0.1) is 12.8 Å².